The molecule has 1 aromatic carbocycles. The van der Waals surface area contributed by atoms with Crippen molar-refractivity contribution in [3.05, 3.63) is 57.8 Å². The summed E-state index contributed by atoms with van der Waals surface area (Å²) < 4.78 is 0. The molecule has 0 saturated carbocycles. The summed E-state index contributed by atoms with van der Waals surface area (Å²) in [7, 11) is 0. The Morgan fingerprint density at radius 2 is 2.06 bits per heavy atom. The van der Waals surface area contributed by atoms with Crippen LogP contribution in [-0.4, -0.2) is 5.78 Å². The summed E-state index contributed by atoms with van der Waals surface area (Å²) in [4.78, 5) is 13.0. The molecule has 0 N–H and O–H groups in total. The molecular weight excluding hydrogens is 218 g/mol. The fourth-order valence-electron chi connectivity index (χ4n) is 1.49. The second-order valence-corrected chi connectivity index (χ2v) is 4.37. The second kappa shape index (κ2) is 4.73. The van der Waals surface area contributed by atoms with Gasteiger partial charge in [-0.2, -0.15) is 5.26 Å². The molecule has 1 aromatic heterocycles. The zero-order valence-corrected chi connectivity index (χ0v) is 9.33. The summed E-state index contributed by atoms with van der Waals surface area (Å²) in [5.74, 6) is -0.000370. The maximum absolute atomic E-state index is 11.9. The van der Waals surface area contributed by atoms with E-state index < -0.39 is 0 Å². The van der Waals surface area contributed by atoms with Crippen LogP contribution in [0.5, 0.6) is 0 Å². The van der Waals surface area contributed by atoms with Gasteiger partial charge in [-0.25, -0.2) is 0 Å². The third kappa shape index (κ3) is 2.18. The molecule has 3 heteroatoms. The van der Waals surface area contributed by atoms with Crippen molar-refractivity contribution in [2.24, 2.45) is 0 Å². The van der Waals surface area contributed by atoms with Gasteiger partial charge in [0.05, 0.1) is 11.6 Å². The maximum Gasteiger partial charge on any atom is 0.169 e. The van der Waals surface area contributed by atoms with Gasteiger partial charge >= 0.3 is 0 Å². The van der Waals surface area contributed by atoms with E-state index in [2.05, 4.69) is 0 Å². The van der Waals surface area contributed by atoms with E-state index in [1.54, 1.807) is 35.6 Å². The molecule has 0 spiro atoms. The number of carbonyl (C=O) groups is 1. The number of benzene rings is 1. The molecule has 0 aliphatic rings. The summed E-state index contributed by atoms with van der Waals surface area (Å²) in [5.41, 5.74) is 0.961. The van der Waals surface area contributed by atoms with Crippen LogP contribution in [0.3, 0.4) is 0 Å². The zero-order valence-electron chi connectivity index (χ0n) is 8.51. The molecule has 0 atom stereocenters. The Kier molecular flexibility index (Phi) is 3.13. The molecule has 0 aliphatic carbocycles. The Hall–Kier alpha value is -1.92. The first kappa shape index (κ1) is 10.6. The topological polar surface area (TPSA) is 40.9 Å². The molecule has 2 aromatic rings. The number of rotatable bonds is 3. The van der Waals surface area contributed by atoms with Crippen LogP contribution in [0.4, 0.5) is 0 Å². The largest absolute Gasteiger partial charge is 0.294 e. The number of thiophene rings is 1. The number of nitriles is 1. The van der Waals surface area contributed by atoms with E-state index in [1.165, 1.54) is 0 Å². The molecule has 1 heterocycles. The van der Waals surface area contributed by atoms with Crippen molar-refractivity contribution in [1.82, 2.24) is 0 Å². The highest BCUT2D eigenvalue weighted by atomic mass is 32.1. The van der Waals surface area contributed by atoms with Gasteiger partial charge in [-0.1, -0.05) is 24.3 Å². The molecule has 2 nitrogen and oxygen atoms in total. The highest BCUT2D eigenvalue weighted by molar-refractivity contribution is 7.10. The van der Waals surface area contributed by atoms with Gasteiger partial charge in [0.25, 0.3) is 0 Å². The van der Waals surface area contributed by atoms with Gasteiger partial charge in [0.15, 0.2) is 5.78 Å². The monoisotopic (exact) mass is 227 g/mol. The summed E-state index contributed by atoms with van der Waals surface area (Å²) in [6.07, 6.45) is 0.371. The lowest BCUT2D eigenvalue weighted by Crippen LogP contribution is -2.04. The highest BCUT2D eigenvalue weighted by Crippen LogP contribution is 2.15. The van der Waals surface area contributed by atoms with Crippen LogP contribution in [0.15, 0.2) is 41.8 Å². The SMILES string of the molecule is N#Cc1ccccc1C(=O)Cc1cccs1. The Bertz CT molecular complexity index is 537. The molecule has 0 aliphatic heterocycles. The molecule has 16 heavy (non-hydrogen) atoms. The molecule has 2 rings (SSSR count). The summed E-state index contributed by atoms with van der Waals surface area (Å²) in [5, 5.41) is 10.8. The highest BCUT2D eigenvalue weighted by Gasteiger charge is 2.11. The number of hydrogen-bond donors (Lipinski definition) is 0. The summed E-state index contributed by atoms with van der Waals surface area (Å²) in [6, 6.07) is 12.8. The van der Waals surface area contributed by atoms with Crippen LogP contribution in [-0.2, 0) is 6.42 Å². The van der Waals surface area contributed by atoms with E-state index in [0.29, 0.717) is 17.5 Å². The fraction of sp³-hybridized carbons (Fsp3) is 0.0769. The minimum atomic E-state index is -0.000370. The third-order valence-electron chi connectivity index (χ3n) is 2.26. The van der Waals surface area contributed by atoms with Crippen molar-refractivity contribution in [1.29, 1.82) is 5.26 Å². The van der Waals surface area contributed by atoms with Crippen molar-refractivity contribution in [3.63, 3.8) is 0 Å². The Labute approximate surface area is 97.8 Å². The molecule has 0 radical (unpaired) electrons. The Morgan fingerprint density at radius 1 is 1.25 bits per heavy atom. The van der Waals surface area contributed by atoms with E-state index in [-0.39, 0.29) is 5.78 Å². The number of hydrogen-bond acceptors (Lipinski definition) is 3. The van der Waals surface area contributed by atoms with Gasteiger partial charge in [-0.15, -0.1) is 11.3 Å². The first-order valence-corrected chi connectivity index (χ1v) is 5.74. The quantitative estimate of drug-likeness (QED) is 0.756. The molecule has 0 fully saturated rings. The average molecular weight is 227 g/mol. The van der Waals surface area contributed by atoms with E-state index in [9.17, 15) is 4.79 Å². The second-order valence-electron chi connectivity index (χ2n) is 3.34. The van der Waals surface area contributed by atoms with Crippen molar-refractivity contribution >= 4 is 17.1 Å². The van der Waals surface area contributed by atoms with Gasteiger partial charge < -0.3 is 0 Å². The first-order valence-electron chi connectivity index (χ1n) is 4.86. The van der Waals surface area contributed by atoms with Gasteiger partial charge in [-0.05, 0) is 17.5 Å². The van der Waals surface area contributed by atoms with Crippen LogP contribution in [0, 0.1) is 11.3 Å². The zero-order chi connectivity index (χ0) is 11.4. The molecule has 0 bridgehead atoms. The minimum Gasteiger partial charge on any atom is -0.294 e. The number of ketones is 1. The van der Waals surface area contributed by atoms with Crippen molar-refractivity contribution < 1.29 is 4.79 Å². The van der Waals surface area contributed by atoms with Crippen molar-refractivity contribution in [3.8, 4) is 6.07 Å². The van der Waals surface area contributed by atoms with Gasteiger partial charge in [0.1, 0.15) is 0 Å². The van der Waals surface area contributed by atoms with E-state index in [1.807, 2.05) is 23.6 Å². The summed E-state index contributed by atoms with van der Waals surface area (Å²) >= 11 is 1.56. The van der Waals surface area contributed by atoms with E-state index in [4.69, 9.17) is 5.26 Å². The molecular formula is C13H9NOS. The van der Waals surface area contributed by atoms with Gasteiger partial charge in [-0.3, -0.25) is 4.79 Å². The van der Waals surface area contributed by atoms with Gasteiger partial charge in [0, 0.05) is 16.9 Å². The number of Topliss-reactive ketones (excluding diaryl/α,β-unsaturated/α-hetero) is 1. The Morgan fingerprint density at radius 3 is 2.75 bits per heavy atom. The van der Waals surface area contributed by atoms with Crippen molar-refractivity contribution in [2.75, 3.05) is 0 Å². The lowest BCUT2D eigenvalue weighted by atomic mass is 10.0. The first-order chi connectivity index (χ1) is 7.81. The predicted octanol–water partition coefficient (Wildman–Crippen LogP) is 3.05. The van der Waals surface area contributed by atoms with Gasteiger partial charge in [0.2, 0.25) is 0 Å². The Balaban J connectivity index is 2.25. The van der Waals surface area contributed by atoms with Crippen LogP contribution < -0.4 is 0 Å². The molecule has 78 valence electrons. The molecule has 0 saturated heterocycles. The fourth-order valence-corrected chi connectivity index (χ4v) is 2.19. The lowest BCUT2D eigenvalue weighted by molar-refractivity contribution is 0.0993. The summed E-state index contributed by atoms with van der Waals surface area (Å²) in [6.45, 7) is 0. The predicted molar refractivity (Wildman–Crippen MR) is 63.5 cm³/mol. The van der Waals surface area contributed by atoms with E-state index >= 15 is 0 Å². The molecule has 0 unspecified atom stereocenters. The standard InChI is InChI=1S/C13H9NOS/c14-9-10-4-1-2-6-12(10)13(15)8-11-5-3-7-16-11/h1-7H,8H2. The molecule has 0 amide bonds. The number of nitrogens with zero attached hydrogens (tertiary/aromatic N) is 1. The van der Waals surface area contributed by atoms with Crippen LogP contribution in [0.2, 0.25) is 0 Å². The lowest BCUT2D eigenvalue weighted by Gasteiger charge is -2.01. The third-order valence-corrected chi connectivity index (χ3v) is 3.14. The van der Waals surface area contributed by atoms with Crippen molar-refractivity contribution in [2.45, 2.75) is 6.42 Å². The van der Waals surface area contributed by atoms with Crippen LogP contribution >= 0.6 is 11.3 Å². The minimum absolute atomic E-state index is 0.000370. The number of carbonyl (C=O) groups excluding carboxylic acids is 1. The normalized spacial score (nSPS) is 9.69. The van der Waals surface area contributed by atoms with Crippen LogP contribution in [0.25, 0.3) is 0 Å². The maximum atomic E-state index is 11.9. The van der Waals surface area contributed by atoms with Crippen LogP contribution in [0.1, 0.15) is 20.8 Å². The average Bonchev–Trinajstić information content (AvgIpc) is 2.81. The van der Waals surface area contributed by atoms with E-state index in [0.717, 1.165) is 4.88 Å². The smallest absolute Gasteiger partial charge is 0.169 e.